The number of nitrogens with one attached hydrogen (secondary N) is 1. The van der Waals surface area contributed by atoms with E-state index in [-0.39, 0.29) is 11.8 Å². The molecular weight excluding hydrogens is 316 g/mol. The van der Waals surface area contributed by atoms with E-state index in [1.807, 2.05) is 18.2 Å². The van der Waals surface area contributed by atoms with Gasteiger partial charge in [-0.1, -0.05) is 11.6 Å². The summed E-state index contributed by atoms with van der Waals surface area (Å²) >= 11 is 6.15. The Morgan fingerprint density at radius 1 is 1.17 bits per heavy atom. The number of amides is 1. The predicted octanol–water partition coefficient (Wildman–Crippen LogP) is 2.22. The number of halogens is 1. The van der Waals surface area contributed by atoms with Gasteiger partial charge in [0, 0.05) is 49.5 Å². The fraction of sp³-hybridized carbons (Fsp3) is 0.588. The van der Waals surface area contributed by atoms with Crippen molar-refractivity contribution in [3.8, 4) is 0 Å². The summed E-state index contributed by atoms with van der Waals surface area (Å²) in [7, 11) is 0. The van der Waals surface area contributed by atoms with Crippen molar-refractivity contribution < 1.29 is 14.3 Å². The molecule has 0 saturated carbocycles. The SMILES string of the molecule is O=C(NCc1cc(Cl)ccc1N1CCOCC1)C1CCOCC1. The number of rotatable bonds is 4. The van der Waals surface area contributed by atoms with Crippen molar-refractivity contribution in [1.29, 1.82) is 0 Å². The predicted molar refractivity (Wildman–Crippen MR) is 89.9 cm³/mol. The van der Waals surface area contributed by atoms with Crippen molar-refractivity contribution >= 4 is 23.2 Å². The van der Waals surface area contributed by atoms with Crippen molar-refractivity contribution in [1.82, 2.24) is 5.32 Å². The Morgan fingerprint density at radius 3 is 2.61 bits per heavy atom. The lowest BCUT2D eigenvalue weighted by Crippen LogP contribution is -2.38. The zero-order valence-electron chi connectivity index (χ0n) is 13.2. The number of hydrogen-bond donors (Lipinski definition) is 1. The summed E-state index contributed by atoms with van der Waals surface area (Å²) in [5.74, 6) is 0.177. The van der Waals surface area contributed by atoms with Gasteiger partial charge in [-0.3, -0.25) is 4.79 Å². The minimum absolute atomic E-state index is 0.0646. The second kappa shape index (κ2) is 7.99. The molecule has 126 valence electrons. The Hall–Kier alpha value is -1.30. The van der Waals surface area contributed by atoms with Crippen LogP contribution in [0.25, 0.3) is 0 Å². The van der Waals surface area contributed by atoms with E-state index in [4.69, 9.17) is 21.1 Å². The zero-order valence-corrected chi connectivity index (χ0v) is 14.0. The van der Waals surface area contributed by atoms with Crippen LogP contribution in [-0.2, 0) is 20.8 Å². The van der Waals surface area contributed by atoms with Gasteiger partial charge in [-0.15, -0.1) is 0 Å². The van der Waals surface area contributed by atoms with Crippen molar-refractivity contribution in [3.63, 3.8) is 0 Å². The number of hydrogen-bond acceptors (Lipinski definition) is 4. The second-order valence-corrected chi connectivity index (χ2v) is 6.41. The molecule has 3 rings (SSSR count). The van der Waals surface area contributed by atoms with Crippen LogP contribution in [-0.4, -0.2) is 45.4 Å². The first kappa shape index (κ1) is 16.6. The van der Waals surface area contributed by atoms with Gasteiger partial charge in [0.15, 0.2) is 0 Å². The van der Waals surface area contributed by atoms with Crippen LogP contribution in [0.4, 0.5) is 5.69 Å². The van der Waals surface area contributed by atoms with E-state index >= 15 is 0 Å². The number of nitrogens with zero attached hydrogens (tertiary/aromatic N) is 1. The Labute approximate surface area is 141 Å². The highest BCUT2D eigenvalue weighted by molar-refractivity contribution is 6.30. The van der Waals surface area contributed by atoms with Gasteiger partial charge in [0.2, 0.25) is 5.91 Å². The first-order chi connectivity index (χ1) is 11.2. The van der Waals surface area contributed by atoms with Crippen molar-refractivity contribution in [2.24, 2.45) is 5.92 Å². The number of carbonyl (C=O) groups excluding carboxylic acids is 1. The quantitative estimate of drug-likeness (QED) is 0.914. The average Bonchev–Trinajstić information content (AvgIpc) is 2.61. The van der Waals surface area contributed by atoms with Crippen LogP contribution in [0.2, 0.25) is 5.02 Å². The normalized spacial score (nSPS) is 19.6. The molecule has 1 amide bonds. The molecule has 2 saturated heterocycles. The Bertz CT molecular complexity index is 541. The standard InChI is InChI=1S/C17H23ClN2O3/c18-15-1-2-16(20-5-9-23-10-6-20)14(11-15)12-19-17(21)13-3-7-22-8-4-13/h1-2,11,13H,3-10,12H2,(H,19,21). The summed E-state index contributed by atoms with van der Waals surface area (Å²) in [6, 6.07) is 5.87. The third-order valence-corrected chi connectivity index (χ3v) is 4.67. The maximum absolute atomic E-state index is 12.3. The highest BCUT2D eigenvalue weighted by atomic mass is 35.5. The highest BCUT2D eigenvalue weighted by Gasteiger charge is 2.22. The van der Waals surface area contributed by atoms with Gasteiger partial charge < -0.3 is 19.7 Å². The van der Waals surface area contributed by atoms with Gasteiger partial charge >= 0.3 is 0 Å². The molecule has 2 fully saturated rings. The molecule has 2 aliphatic heterocycles. The van der Waals surface area contributed by atoms with E-state index in [9.17, 15) is 4.79 Å². The minimum Gasteiger partial charge on any atom is -0.381 e. The van der Waals surface area contributed by atoms with Gasteiger partial charge in [0.25, 0.3) is 0 Å². The molecule has 0 atom stereocenters. The maximum Gasteiger partial charge on any atom is 0.223 e. The summed E-state index contributed by atoms with van der Waals surface area (Å²) in [6.45, 7) is 5.05. The largest absolute Gasteiger partial charge is 0.381 e. The molecule has 0 spiro atoms. The number of morpholine rings is 1. The van der Waals surface area contributed by atoms with E-state index in [1.165, 1.54) is 0 Å². The molecule has 0 aliphatic carbocycles. The van der Waals surface area contributed by atoms with Crippen molar-refractivity contribution in [2.75, 3.05) is 44.4 Å². The van der Waals surface area contributed by atoms with Gasteiger partial charge in [0.05, 0.1) is 13.2 Å². The first-order valence-corrected chi connectivity index (χ1v) is 8.58. The molecule has 1 aromatic carbocycles. The lowest BCUT2D eigenvalue weighted by atomic mass is 9.99. The third-order valence-electron chi connectivity index (χ3n) is 4.44. The number of benzene rings is 1. The van der Waals surface area contributed by atoms with E-state index in [1.54, 1.807) is 0 Å². The molecule has 5 nitrogen and oxygen atoms in total. The number of ether oxygens (including phenoxy) is 2. The second-order valence-electron chi connectivity index (χ2n) is 5.98. The molecule has 23 heavy (non-hydrogen) atoms. The first-order valence-electron chi connectivity index (χ1n) is 8.20. The minimum atomic E-state index is 0.0646. The molecule has 1 aromatic rings. The van der Waals surface area contributed by atoms with Gasteiger partial charge in [0.1, 0.15) is 0 Å². The molecule has 0 unspecified atom stereocenters. The molecule has 2 aliphatic rings. The average molecular weight is 339 g/mol. The van der Waals surface area contributed by atoms with Crippen LogP contribution < -0.4 is 10.2 Å². The van der Waals surface area contributed by atoms with Crippen molar-refractivity contribution in [3.05, 3.63) is 28.8 Å². The van der Waals surface area contributed by atoms with E-state index in [0.717, 1.165) is 50.4 Å². The van der Waals surface area contributed by atoms with E-state index in [0.29, 0.717) is 24.8 Å². The molecule has 1 N–H and O–H groups in total. The van der Waals surface area contributed by atoms with Crippen LogP contribution >= 0.6 is 11.6 Å². The summed E-state index contributed by atoms with van der Waals surface area (Å²) in [6.07, 6.45) is 1.61. The topological polar surface area (TPSA) is 50.8 Å². The lowest BCUT2D eigenvalue weighted by Gasteiger charge is -2.31. The molecule has 0 bridgehead atoms. The van der Waals surface area contributed by atoms with E-state index < -0.39 is 0 Å². The Kier molecular flexibility index (Phi) is 5.75. The highest BCUT2D eigenvalue weighted by Crippen LogP contribution is 2.25. The van der Waals surface area contributed by atoms with Gasteiger partial charge in [-0.05, 0) is 36.6 Å². The lowest BCUT2D eigenvalue weighted by molar-refractivity contribution is -0.128. The van der Waals surface area contributed by atoms with Crippen LogP contribution in [0.5, 0.6) is 0 Å². The smallest absolute Gasteiger partial charge is 0.223 e. The number of anilines is 1. The molecule has 2 heterocycles. The number of carbonyl (C=O) groups is 1. The Morgan fingerprint density at radius 2 is 1.87 bits per heavy atom. The summed E-state index contributed by atoms with van der Waals surface area (Å²) in [5, 5.41) is 3.76. The van der Waals surface area contributed by atoms with Crippen LogP contribution in [0.3, 0.4) is 0 Å². The third kappa shape index (κ3) is 4.37. The fourth-order valence-electron chi connectivity index (χ4n) is 3.09. The summed E-state index contributed by atoms with van der Waals surface area (Å²) in [4.78, 5) is 14.6. The maximum atomic E-state index is 12.3. The molecule has 0 radical (unpaired) electrons. The van der Waals surface area contributed by atoms with E-state index in [2.05, 4.69) is 10.2 Å². The monoisotopic (exact) mass is 338 g/mol. The van der Waals surface area contributed by atoms with Crippen LogP contribution in [0.1, 0.15) is 18.4 Å². The molecular formula is C17H23ClN2O3. The summed E-state index contributed by atoms with van der Waals surface area (Å²) in [5.41, 5.74) is 2.18. The zero-order chi connectivity index (χ0) is 16.1. The molecule has 0 aromatic heterocycles. The summed E-state index contributed by atoms with van der Waals surface area (Å²) < 4.78 is 10.7. The molecule has 6 heteroatoms. The van der Waals surface area contributed by atoms with Crippen LogP contribution in [0.15, 0.2) is 18.2 Å². The Balaban J connectivity index is 1.66. The fourth-order valence-corrected chi connectivity index (χ4v) is 3.29. The van der Waals surface area contributed by atoms with Gasteiger partial charge in [-0.2, -0.15) is 0 Å². The van der Waals surface area contributed by atoms with Crippen LogP contribution in [0, 0.1) is 5.92 Å². The van der Waals surface area contributed by atoms with Gasteiger partial charge in [-0.25, -0.2) is 0 Å². The van der Waals surface area contributed by atoms with Crippen molar-refractivity contribution in [2.45, 2.75) is 19.4 Å².